The molecule has 2 heteroatoms. The van der Waals surface area contributed by atoms with Crippen molar-refractivity contribution in [2.45, 2.75) is 26.7 Å². The zero-order valence-corrected chi connectivity index (χ0v) is 9.99. The summed E-state index contributed by atoms with van der Waals surface area (Å²) in [6.45, 7) is 4.56. The summed E-state index contributed by atoms with van der Waals surface area (Å²) in [4.78, 5) is 0. The maximum atomic E-state index is 5.99. The monoisotopic (exact) mass is 228 g/mol. The Morgan fingerprint density at radius 3 is 1.86 bits per heavy atom. The van der Waals surface area contributed by atoms with Gasteiger partial charge in [-0.25, -0.2) is 0 Å². The van der Waals surface area contributed by atoms with Crippen LogP contribution in [0.5, 0.6) is 0 Å². The van der Waals surface area contributed by atoms with E-state index >= 15 is 0 Å². The van der Waals surface area contributed by atoms with Crippen LogP contribution < -0.4 is 0 Å². The van der Waals surface area contributed by atoms with E-state index in [1.54, 1.807) is 0 Å². The summed E-state index contributed by atoms with van der Waals surface area (Å²) >= 11 is 12.0. The van der Waals surface area contributed by atoms with Crippen LogP contribution >= 0.6 is 23.2 Å². The molecule has 1 aliphatic rings. The van der Waals surface area contributed by atoms with Gasteiger partial charge in [0.05, 0.1) is 10.0 Å². The molecule has 0 aliphatic heterocycles. The normalized spacial score (nSPS) is 16.4. The number of hydrogen-bond acceptors (Lipinski definition) is 0. The van der Waals surface area contributed by atoms with E-state index in [0.717, 1.165) is 24.7 Å². The Hall–Kier alpha value is -0.200. The Bertz CT molecular complexity index is 325. The van der Waals surface area contributed by atoms with Gasteiger partial charge < -0.3 is 0 Å². The Labute approximate surface area is 95.2 Å². The highest BCUT2D eigenvalue weighted by molar-refractivity contribution is 6.42. The van der Waals surface area contributed by atoms with Crippen LogP contribution in [0.15, 0.2) is 12.1 Å². The fourth-order valence-corrected chi connectivity index (χ4v) is 2.49. The molecule has 0 N–H and O–H groups in total. The van der Waals surface area contributed by atoms with E-state index in [2.05, 4.69) is 13.8 Å². The second-order valence-corrected chi connectivity index (χ2v) is 5.26. The lowest BCUT2D eigenvalue weighted by atomic mass is 9.93. The first-order valence-corrected chi connectivity index (χ1v) is 5.80. The summed E-state index contributed by atoms with van der Waals surface area (Å²) in [6.07, 6.45) is 2.31. The summed E-state index contributed by atoms with van der Waals surface area (Å²) in [5.41, 5.74) is 2.77. The first-order valence-electron chi connectivity index (χ1n) is 5.04. The van der Waals surface area contributed by atoms with E-state index in [-0.39, 0.29) is 0 Å². The molecule has 1 aromatic rings. The van der Waals surface area contributed by atoms with Crippen LogP contribution in [0.25, 0.3) is 0 Å². The maximum absolute atomic E-state index is 5.99. The molecule has 0 aromatic heterocycles. The van der Waals surface area contributed by atoms with Gasteiger partial charge in [-0.15, -0.1) is 0 Å². The highest BCUT2D eigenvalue weighted by Crippen LogP contribution is 2.36. The van der Waals surface area contributed by atoms with Gasteiger partial charge in [0.15, 0.2) is 0 Å². The average Bonchev–Trinajstić information content (AvgIpc) is 2.48. The van der Waals surface area contributed by atoms with Crippen LogP contribution in [0.4, 0.5) is 0 Å². The quantitative estimate of drug-likeness (QED) is 0.670. The SMILES string of the molecule is CC(C)C1Cc2cc(Cl)c(Cl)cc2C1. The fourth-order valence-electron chi connectivity index (χ4n) is 2.12. The van der Waals surface area contributed by atoms with Crippen molar-refractivity contribution in [3.8, 4) is 0 Å². The van der Waals surface area contributed by atoms with Gasteiger partial charge in [0.25, 0.3) is 0 Å². The predicted octanol–water partition coefficient (Wildman–Crippen LogP) is 4.36. The van der Waals surface area contributed by atoms with Crippen molar-refractivity contribution in [1.82, 2.24) is 0 Å². The lowest BCUT2D eigenvalue weighted by Gasteiger charge is -2.12. The fraction of sp³-hybridized carbons (Fsp3) is 0.500. The third-order valence-electron chi connectivity index (χ3n) is 3.15. The molecule has 1 aromatic carbocycles. The summed E-state index contributed by atoms with van der Waals surface area (Å²) in [5, 5.41) is 1.38. The molecule has 0 saturated carbocycles. The van der Waals surface area contributed by atoms with Crippen LogP contribution in [0.1, 0.15) is 25.0 Å². The number of fused-ring (bicyclic) bond motifs is 1. The minimum absolute atomic E-state index is 0.690. The van der Waals surface area contributed by atoms with Crippen LogP contribution in [0, 0.1) is 11.8 Å². The molecule has 0 spiro atoms. The van der Waals surface area contributed by atoms with Crippen molar-refractivity contribution in [3.05, 3.63) is 33.3 Å². The molecular formula is C12H14Cl2. The highest BCUT2D eigenvalue weighted by atomic mass is 35.5. The van der Waals surface area contributed by atoms with Crippen molar-refractivity contribution in [2.24, 2.45) is 11.8 Å². The minimum Gasteiger partial charge on any atom is -0.0827 e. The standard InChI is InChI=1S/C12H14Cl2/c1-7(2)8-3-9-5-11(13)12(14)6-10(9)4-8/h5-8H,3-4H2,1-2H3. The molecule has 0 nitrogen and oxygen atoms in total. The molecule has 0 atom stereocenters. The van der Waals surface area contributed by atoms with E-state index < -0.39 is 0 Å². The van der Waals surface area contributed by atoms with Crippen LogP contribution in [0.3, 0.4) is 0 Å². The number of hydrogen-bond donors (Lipinski definition) is 0. The van der Waals surface area contributed by atoms with Gasteiger partial charge in [0.2, 0.25) is 0 Å². The first-order chi connectivity index (χ1) is 6.58. The van der Waals surface area contributed by atoms with E-state index in [0.29, 0.717) is 10.0 Å². The van der Waals surface area contributed by atoms with Crippen LogP contribution in [-0.2, 0) is 12.8 Å². The van der Waals surface area contributed by atoms with Gasteiger partial charge in [-0.3, -0.25) is 0 Å². The van der Waals surface area contributed by atoms with Crippen LogP contribution in [0.2, 0.25) is 10.0 Å². The number of rotatable bonds is 1. The highest BCUT2D eigenvalue weighted by Gasteiger charge is 2.24. The summed E-state index contributed by atoms with van der Waals surface area (Å²) in [6, 6.07) is 4.06. The second kappa shape index (κ2) is 3.75. The Balaban J connectivity index is 2.31. The summed E-state index contributed by atoms with van der Waals surface area (Å²) in [5.74, 6) is 1.50. The molecule has 1 aliphatic carbocycles. The smallest absolute Gasteiger partial charge is 0.0595 e. The van der Waals surface area contributed by atoms with Crippen molar-refractivity contribution in [2.75, 3.05) is 0 Å². The lowest BCUT2D eigenvalue weighted by molar-refractivity contribution is 0.404. The van der Waals surface area contributed by atoms with Gasteiger partial charge in [0, 0.05) is 0 Å². The number of benzene rings is 1. The molecule has 76 valence electrons. The summed E-state index contributed by atoms with van der Waals surface area (Å²) in [7, 11) is 0. The van der Waals surface area contributed by atoms with E-state index in [1.165, 1.54) is 11.1 Å². The van der Waals surface area contributed by atoms with E-state index in [9.17, 15) is 0 Å². The van der Waals surface area contributed by atoms with Gasteiger partial charge >= 0.3 is 0 Å². The molecule has 0 fully saturated rings. The molecule has 0 heterocycles. The molecule has 14 heavy (non-hydrogen) atoms. The largest absolute Gasteiger partial charge is 0.0827 e. The van der Waals surface area contributed by atoms with Crippen LogP contribution in [-0.4, -0.2) is 0 Å². The van der Waals surface area contributed by atoms with Crippen molar-refractivity contribution in [1.29, 1.82) is 0 Å². The second-order valence-electron chi connectivity index (χ2n) is 4.45. The molecule has 0 amide bonds. The Kier molecular flexibility index (Phi) is 2.77. The molecule has 2 rings (SSSR count). The predicted molar refractivity (Wildman–Crippen MR) is 62.2 cm³/mol. The van der Waals surface area contributed by atoms with E-state index in [4.69, 9.17) is 23.2 Å². The summed E-state index contributed by atoms with van der Waals surface area (Å²) < 4.78 is 0. The lowest BCUT2D eigenvalue weighted by Crippen LogP contribution is -2.07. The third kappa shape index (κ3) is 1.78. The van der Waals surface area contributed by atoms with Gasteiger partial charge in [-0.1, -0.05) is 37.0 Å². The molecule has 0 unspecified atom stereocenters. The van der Waals surface area contributed by atoms with Crippen molar-refractivity contribution < 1.29 is 0 Å². The average molecular weight is 229 g/mol. The van der Waals surface area contributed by atoms with Crippen molar-refractivity contribution >= 4 is 23.2 Å². The van der Waals surface area contributed by atoms with Gasteiger partial charge in [-0.05, 0) is 47.9 Å². The van der Waals surface area contributed by atoms with Crippen molar-refractivity contribution in [3.63, 3.8) is 0 Å². The topological polar surface area (TPSA) is 0 Å². The molecular weight excluding hydrogens is 215 g/mol. The van der Waals surface area contributed by atoms with E-state index in [1.807, 2.05) is 12.1 Å². The first kappa shape index (κ1) is 10.3. The maximum Gasteiger partial charge on any atom is 0.0595 e. The van der Waals surface area contributed by atoms with Gasteiger partial charge in [-0.2, -0.15) is 0 Å². The third-order valence-corrected chi connectivity index (χ3v) is 3.87. The molecule has 0 saturated heterocycles. The number of halogens is 2. The van der Waals surface area contributed by atoms with Gasteiger partial charge in [0.1, 0.15) is 0 Å². The Morgan fingerprint density at radius 2 is 1.50 bits per heavy atom. The Morgan fingerprint density at radius 1 is 1.07 bits per heavy atom. The minimum atomic E-state index is 0.690. The molecule has 0 bridgehead atoms. The zero-order chi connectivity index (χ0) is 10.3. The molecule has 0 radical (unpaired) electrons. The zero-order valence-electron chi connectivity index (χ0n) is 8.48.